The molecule has 1 aromatic heterocycles. The van der Waals surface area contributed by atoms with Gasteiger partial charge >= 0.3 is 0 Å². The van der Waals surface area contributed by atoms with Crippen LogP contribution in [-0.2, 0) is 0 Å². The Bertz CT molecular complexity index is 628. The Hall–Kier alpha value is -1.58. The summed E-state index contributed by atoms with van der Waals surface area (Å²) in [5.74, 6) is 1.40. The van der Waals surface area contributed by atoms with Crippen molar-refractivity contribution in [2.75, 3.05) is 6.54 Å². The van der Waals surface area contributed by atoms with Gasteiger partial charge in [0.05, 0.1) is 5.69 Å². The second-order valence-corrected chi connectivity index (χ2v) is 5.90. The van der Waals surface area contributed by atoms with Crippen molar-refractivity contribution in [3.63, 3.8) is 0 Å². The number of benzene rings is 1. The Morgan fingerprint density at radius 1 is 1.24 bits per heavy atom. The quantitative estimate of drug-likeness (QED) is 0.902. The monoisotopic (exact) mass is 302 g/mol. The Morgan fingerprint density at radius 3 is 2.67 bits per heavy atom. The highest BCUT2D eigenvalue weighted by atomic mass is 35.5. The van der Waals surface area contributed by atoms with Crippen LogP contribution in [-0.4, -0.2) is 11.5 Å². The summed E-state index contributed by atoms with van der Waals surface area (Å²) in [6, 6.07) is 10.2. The predicted octanol–water partition coefficient (Wildman–Crippen LogP) is 4.57. The first kappa shape index (κ1) is 14.4. The minimum absolute atomic E-state index is 0.349. The number of nitrogens with one attached hydrogen (secondary N) is 1. The molecule has 0 bridgehead atoms. The van der Waals surface area contributed by atoms with Gasteiger partial charge in [-0.25, -0.2) is 4.98 Å². The molecular formula is C17H19ClN2O. The first-order valence-corrected chi connectivity index (χ1v) is 7.66. The number of hydrogen-bond acceptors (Lipinski definition) is 3. The molecule has 0 spiro atoms. The topological polar surface area (TPSA) is 34.1 Å². The lowest BCUT2D eigenvalue weighted by Crippen LogP contribution is -2.14. The summed E-state index contributed by atoms with van der Waals surface area (Å²) >= 11 is 6.18. The molecule has 2 heterocycles. The minimum atomic E-state index is 0.349. The molecule has 1 N–H and O–H groups in total. The highest BCUT2D eigenvalue weighted by Gasteiger charge is 2.17. The van der Waals surface area contributed by atoms with E-state index in [9.17, 15) is 0 Å². The third kappa shape index (κ3) is 3.20. The van der Waals surface area contributed by atoms with Crippen LogP contribution in [0.5, 0.6) is 11.6 Å². The van der Waals surface area contributed by atoms with E-state index in [2.05, 4.69) is 10.3 Å². The molecule has 21 heavy (non-hydrogen) atoms. The van der Waals surface area contributed by atoms with E-state index in [1.807, 2.05) is 44.2 Å². The first-order valence-electron chi connectivity index (χ1n) is 7.28. The smallest absolute Gasteiger partial charge is 0.219 e. The molecule has 0 amide bonds. The molecule has 0 saturated carbocycles. The number of pyridine rings is 1. The maximum absolute atomic E-state index is 6.18. The summed E-state index contributed by atoms with van der Waals surface area (Å²) in [5.41, 5.74) is 3.08. The molecule has 1 saturated heterocycles. The zero-order valence-corrected chi connectivity index (χ0v) is 13.1. The zero-order valence-electron chi connectivity index (χ0n) is 12.3. The molecule has 4 heteroatoms. The average Bonchev–Trinajstić information content (AvgIpc) is 2.99. The van der Waals surface area contributed by atoms with Gasteiger partial charge in [0.1, 0.15) is 5.75 Å². The van der Waals surface area contributed by atoms with Crippen molar-refractivity contribution in [1.82, 2.24) is 10.3 Å². The van der Waals surface area contributed by atoms with E-state index in [0.717, 1.165) is 40.6 Å². The molecule has 1 atom stereocenters. The van der Waals surface area contributed by atoms with E-state index in [0.29, 0.717) is 11.9 Å². The number of nitrogens with zero attached hydrogens (tertiary/aromatic N) is 1. The highest BCUT2D eigenvalue weighted by molar-refractivity contribution is 6.32. The van der Waals surface area contributed by atoms with Gasteiger partial charge in [0.25, 0.3) is 0 Å². The summed E-state index contributed by atoms with van der Waals surface area (Å²) in [7, 11) is 0. The minimum Gasteiger partial charge on any atom is -0.439 e. The molecule has 2 aromatic rings. The largest absolute Gasteiger partial charge is 0.439 e. The van der Waals surface area contributed by atoms with Crippen molar-refractivity contribution in [2.24, 2.45) is 0 Å². The number of hydrogen-bond donors (Lipinski definition) is 1. The van der Waals surface area contributed by atoms with Crippen molar-refractivity contribution in [3.8, 4) is 11.6 Å². The normalized spacial score (nSPS) is 18.0. The highest BCUT2D eigenvalue weighted by Crippen LogP contribution is 2.29. The summed E-state index contributed by atoms with van der Waals surface area (Å²) < 4.78 is 5.90. The summed E-state index contributed by atoms with van der Waals surface area (Å²) in [6.07, 6.45) is 2.34. The Morgan fingerprint density at radius 2 is 2.00 bits per heavy atom. The number of halogens is 1. The van der Waals surface area contributed by atoms with Crippen LogP contribution in [0.3, 0.4) is 0 Å². The third-order valence-electron chi connectivity index (χ3n) is 3.79. The molecule has 1 aliphatic rings. The van der Waals surface area contributed by atoms with Gasteiger partial charge < -0.3 is 10.1 Å². The van der Waals surface area contributed by atoms with Crippen LogP contribution < -0.4 is 10.1 Å². The van der Waals surface area contributed by atoms with Crippen LogP contribution in [0.15, 0.2) is 30.3 Å². The zero-order chi connectivity index (χ0) is 14.8. The fraction of sp³-hybridized carbons (Fsp3) is 0.353. The molecule has 110 valence electrons. The van der Waals surface area contributed by atoms with E-state index in [1.54, 1.807) is 0 Å². The maximum atomic E-state index is 6.18. The second-order valence-electron chi connectivity index (χ2n) is 5.52. The molecule has 3 nitrogen and oxygen atoms in total. The fourth-order valence-corrected chi connectivity index (χ4v) is 2.81. The SMILES string of the molecule is Cc1cc(Oc2cccc(C3CCCN3)n2)cc(C)c1Cl. The summed E-state index contributed by atoms with van der Waals surface area (Å²) in [5, 5.41) is 4.25. The van der Waals surface area contributed by atoms with Crippen molar-refractivity contribution < 1.29 is 4.74 Å². The van der Waals surface area contributed by atoms with Crippen LogP contribution in [0.2, 0.25) is 5.02 Å². The van der Waals surface area contributed by atoms with Crippen molar-refractivity contribution in [3.05, 3.63) is 52.2 Å². The third-order valence-corrected chi connectivity index (χ3v) is 4.39. The summed E-state index contributed by atoms with van der Waals surface area (Å²) in [4.78, 5) is 4.61. The van der Waals surface area contributed by atoms with Crippen LogP contribution in [0.25, 0.3) is 0 Å². The van der Waals surface area contributed by atoms with Crippen LogP contribution in [0, 0.1) is 13.8 Å². The van der Waals surface area contributed by atoms with Crippen molar-refractivity contribution >= 4 is 11.6 Å². The molecule has 1 fully saturated rings. The van der Waals surface area contributed by atoms with Crippen molar-refractivity contribution in [2.45, 2.75) is 32.7 Å². The van der Waals surface area contributed by atoms with E-state index in [-0.39, 0.29) is 0 Å². The van der Waals surface area contributed by atoms with Gasteiger partial charge in [0.15, 0.2) is 0 Å². The standard InChI is InChI=1S/C17H19ClN2O/c1-11-9-13(10-12(2)17(11)18)21-16-7-3-5-15(20-16)14-6-4-8-19-14/h3,5,7,9-10,14,19H,4,6,8H2,1-2H3. The molecule has 0 radical (unpaired) electrons. The van der Waals surface area contributed by atoms with Gasteiger partial charge in [0, 0.05) is 17.1 Å². The Labute approximate surface area is 130 Å². The molecular weight excluding hydrogens is 284 g/mol. The van der Waals surface area contributed by atoms with Gasteiger partial charge in [0.2, 0.25) is 5.88 Å². The lowest BCUT2D eigenvalue weighted by molar-refractivity contribution is 0.456. The predicted molar refractivity (Wildman–Crippen MR) is 85.2 cm³/mol. The molecule has 0 aliphatic carbocycles. The first-order chi connectivity index (χ1) is 10.1. The van der Waals surface area contributed by atoms with Crippen LogP contribution in [0.4, 0.5) is 0 Å². The van der Waals surface area contributed by atoms with Gasteiger partial charge in [-0.05, 0) is 62.6 Å². The van der Waals surface area contributed by atoms with E-state index < -0.39 is 0 Å². The number of rotatable bonds is 3. The Kier molecular flexibility index (Phi) is 4.13. The summed E-state index contributed by atoms with van der Waals surface area (Å²) in [6.45, 7) is 5.02. The molecule has 3 rings (SSSR count). The number of aromatic nitrogens is 1. The number of aryl methyl sites for hydroxylation is 2. The lowest BCUT2D eigenvalue weighted by atomic mass is 10.1. The molecule has 1 aromatic carbocycles. The molecule has 1 aliphatic heterocycles. The van der Waals surface area contributed by atoms with E-state index >= 15 is 0 Å². The molecule has 1 unspecified atom stereocenters. The van der Waals surface area contributed by atoms with E-state index in [4.69, 9.17) is 16.3 Å². The lowest BCUT2D eigenvalue weighted by Gasteiger charge is -2.12. The van der Waals surface area contributed by atoms with E-state index in [1.165, 1.54) is 6.42 Å². The Balaban J connectivity index is 1.83. The van der Waals surface area contributed by atoms with Gasteiger partial charge in [-0.2, -0.15) is 0 Å². The van der Waals surface area contributed by atoms with Crippen LogP contribution in [0.1, 0.15) is 35.7 Å². The van der Waals surface area contributed by atoms with Gasteiger partial charge in [-0.3, -0.25) is 0 Å². The maximum Gasteiger partial charge on any atom is 0.219 e. The van der Waals surface area contributed by atoms with Crippen molar-refractivity contribution in [1.29, 1.82) is 0 Å². The fourth-order valence-electron chi connectivity index (χ4n) is 2.70. The van der Waals surface area contributed by atoms with Crippen LogP contribution >= 0.6 is 11.6 Å². The van der Waals surface area contributed by atoms with Gasteiger partial charge in [-0.1, -0.05) is 17.7 Å². The van der Waals surface area contributed by atoms with Gasteiger partial charge in [-0.15, -0.1) is 0 Å². The second kappa shape index (κ2) is 6.04. The number of ether oxygens (including phenoxy) is 1. The average molecular weight is 303 g/mol.